The molecule has 0 spiro atoms. The zero-order valence-corrected chi connectivity index (χ0v) is 17.7. The van der Waals surface area contributed by atoms with Gasteiger partial charge in [0, 0.05) is 45.8 Å². The Hall–Kier alpha value is -1.07. The van der Waals surface area contributed by atoms with Crippen molar-refractivity contribution in [2.24, 2.45) is 4.99 Å². The number of nitrogens with zero attached hydrogens (tertiary/aromatic N) is 3. The van der Waals surface area contributed by atoms with Gasteiger partial charge in [0.05, 0.1) is 18.8 Å². The Kier molecular flexibility index (Phi) is 8.17. The molecule has 1 aromatic carbocycles. The zero-order valence-electron chi connectivity index (χ0n) is 15.3. The third-order valence-electron chi connectivity index (χ3n) is 4.97. The van der Waals surface area contributed by atoms with Crippen LogP contribution in [0, 0.1) is 0 Å². The van der Waals surface area contributed by atoms with Gasteiger partial charge in [-0.05, 0) is 24.1 Å². The SMILES string of the molecule is CN=C(NCc1ccc(C(F)(F)F)cc1)N1CCC(N2CCOCC2)C1.I. The van der Waals surface area contributed by atoms with Crippen LogP contribution in [0.2, 0.25) is 0 Å². The molecule has 1 N–H and O–H groups in total. The van der Waals surface area contributed by atoms with Crippen LogP contribution in [0.4, 0.5) is 13.2 Å². The molecule has 152 valence electrons. The number of aliphatic imine (C=N–C) groups is 1. The van der Waals surface area contributed by atoms with Gasteiger partial charge in [0.1, 0.15) is 0 Å². The minimum atomic E-state index is -4.30. The lowest BCUT2D eigenvalue weighted by Crippen LogP contribution is -2.46. The van der Waals surface area contributed by atoms with Crippen molar-refractivity contribution in [1.82, 2.24) is 15.1 Å². The lowest BCUT2D eigenvalue weighted by Gasteiger charge is -2.32. The van der Waals surface area contributed by atoms with E-state index in [0.29, 0.717) is 12.6 Å². The summed E-state index contributed by atoms with van der Waals surface area (Å²) in [5.41, 5.74) is 0.168. The number of halogens is 4. The van der Waals surface area contributed by atoms with Gasteiger partial charge < -0.3 is 15.0 Å². The number of hydrogen-bond donors (Lipinski definition) is 1. The predicted octanol–water partition coefficient (Wildman–Crippen LogP) is 2.81. The predicted molar refractivity (Wildman–Crippen MR) is 109 cm³/mol. The molecule has 9 heteroatoms. The summed E-state index contributed by atoms with van der Waals surface area (Å²) in [7, 11) is 1.73. The maximum atomic E-state index is 12.6. The second kappa shape index (κ2) is 9.92. The van der Waals surface area contributed by atoms with E-state index in [1.807, 2.05) is 0 Å². The quantitative estimate of drug-likeness (QED) is 0.396. The standard InChI is InChI=1S/C18H25F3N4O.HI/c1-22-17(23-12-14-2-4-15(5-3-14)18(19,20)21)25-7-6-16(13-25)24-8-10-26-11-9-24;/h2-5,16H,6-13H2,1H3,(H,22,23);1H. The molecule has 5 nitrogen and oxygen atoms in total. The highest BCUT2D eigenvalue weighted by Crippen LogP contribution is 2.29. The molecule has 0 radical (unpaired) electrons. The van der Waals surface area contributed by atoms with Crippen molar-refractivity contribution < 1.29 is 17.9 Å². The van der Waals surface area contributed by atoms with Gasteiger partial charge in [0.25, 0.3) is 0 Å². The average molecular weight is 498 g/mol. The fourth-order valence-corrected chi connectivity index (χ4v) is 3.50. The van der Waals surface area contributed by atoms with Crippen LogP contribution in [0.5, 0.6) is 0 Å². The molecule has 0 aromatic heterocycles. The van der Waals surface area contributed by atoms with Crippen molar-refractivity contribution in [3.05, 3.63) is 35.4 Å². The topological polar surface area (TPSA) is 40.1 Å². The third kappa shape index (κ3) is 5.95. The van der Waals surface area contributed by atoms with Gasteiger partial charge in [0.2, 0.25) is 0 Å². The van der Waals surface area contributed by atoms with Gasteiger partial charge in [-0.2, -0.15) is 13.2 Å². The first-order valence-electron chi connectivity index (χ1n) is 8.91. The Bertz CT molecular complexity index is 618. The summed E-state index contributed by atoms with van der Waals surface area (Å²) < 4.78 is 43.3. The fraction of sp³-hybridized carbons (Fsp3) is 0.611. The first kappa shape index (κ1) is 22.2. The van der Waals surface area contributed by atoms with Crippen LogP contribution < -0.4 is 5.32 Å². The molecule has 2 saturated heterocycles. The van der Waals surface area contributed by atoms with Gasteiger partial charge in [-0.15, -0.1) is 24.0 Å². The van der Waals surface area contributed by atoms with Gasteiger partial charge in [0.15, 0.2) is 5.96 Å². The highest BCUT2D eigenvalue weighted by molar-refractivity contribution is 14.0. The van der Waals surface area contributed by atoms with E-state index in [2.05, 4.69) is 20.1 Å². The maximum absolute atomic E-state index is 12.6. The first-order chi connectivity index (χ1) is 12.5. The summed E-state index contributed by atoms with van der Waals surface area (Å²) in [4.78, 5) is 9.01. The molecule has 2 aliphatic rings. The second-order valence-corrected chi connectivity index (χ2v) is 6.63. The van der Waals surface area contributed by atoms with Crippen LogP contribution in [0.3, 0.4) is 0 Å². The van der Waals surface area contributed by atoms with E-state index in [1.165, 1.54) is 12.1 Å². The summed E-state index contributed by atoms with van der Waals surface area (Å²) in [6.07, 6.45) is -3.22. The number of ether oxygens (including phenoxy) is 1. The monoisotopic (exact) mass is 498 g/mol. The summed E-state index contributed by atoms with van der Waals surface area (Å²) >= 11 is 0. The molecule has 1 atom stereocenters. The second-order valence-electron chi connectivity index (χ2n) is 6.63. The number of likely N-dealkylation sites (tertiary alicyclic amines) is 1. The molecule has 1 unspecified atom stereocenters. The zero-order chi connectivity index (χ0) is 18.6. The Labute approximate surface area is 175 Å². The number of alkyl halides is 3. The summed E-state index contributed by atoms with van der Waals surface area (Å²) in [5, 5.41) is 3.26. The van der Waals surface area contributed by atoms with Gasteiger partial charge >= 0.3 is 6.18 Å². The summed E-state index contributed by atoms with van der Waals surface area (Å²) in [6, 6.07) is 5.74. The van der Waals surface area contributed by atoms with Crippen LogP contribution in [-0.4, -0.2) is 68.2 Å². The van der Waals surface area contributed by atoms with E-state index in [0.717, 1.165) is 69.5 Å². The molecule has 1 aromatic rings. The number of morpholine rings is 1. The number of hydrogen-bond acceptors (Lipinski definition) is 3. The van der Waals surface area contributed by atoms with E-state index < -0.39 is 11.7 Å². The lowest BCUT2D eigenvalue weighted by molar-refractivity contribution is -0.137. The van der Waals surface area contributed by atoms with Crippen molar-refractivity contribution in [3.63, 3.8) is 0 Å². The minimum Gasteiger partial charge on any atom is -0.379 e. The molecule has 27 heavy (non-hydrogen) atoms. The van der Waals surface area contributed by atoms with Crippen molar-refractivity contribution in [2.75, 3.05) is 46.4 Å². The van der Waals surface area contributed by atoms with E-state index in [9.17, 15) is 13.2 Å². The Morgan fingerprint density at radius 2 is 1.85 bits per heavy atom. The number of guanidine groups is 1. The highest BCUT2D eigenvalue weighted by atomic mass is 127. The van der Waals surface area contributed by atoms with Crippen LogP contribution in [0.1, 0.15) is 17.5 Å². The Morgan fingerprint density at radius 1 is 1.19 bits per heavy atom. The van der Waals surface area contributed by atoms with Crippen LogP contribution in [0.15, 0.2) is 29.3 Å². The fourth-order valence-electron chi connectivity index (χ4n) is 3.50. The molecule has 2 fully saturated rings. The number of rotatable bonds is 3. The first-order valence-corrected chi connectivity index (χ1v) is 8.91. The Morgan fingerprint density at radius 3 is 2.44 bits per heavy atom. The minimum absolute atomic E-state index is 0. The lowest BCUT2D eigenvalue weighted by atomic mass is 10.1. The van der Waals surface area contributed by atoms with E-state index in [-0.39, 0.29) is 24.0 Å². The van der Waals surface area contributed by atoms with Crippen LogP contribution >= 0.6 is 24.0 Å². The van der Waals surface area contributed by atoms with Crippen molar-refractivity contribution >= 4 is 29.9 Å². The van der Waals surface area contributed by atoms with E-state index in [1.54, 1.807) is 7.05 Å². The molecule has 2 heterocycles. The summed E-state index contributed by atoms with van der Waals surface area (Å²) in [6.45, 7) is 5.80. The van der Waals surface area contributed by atoms with Crippen molar-refractivity contribution in [3.8, 4) is 0 Å². The number of nitrogens with one attached hydrogen (secondary N) is 1. The summed E-state index contributed by atoms with van der Waals surface area (Å²) in [5.74, 6) is 0.792. The van der Waals surface area contributed by atoms with Gasteiger partial charge in [-0.3, -0.25) is 9.89 Å². The molecule has 0 bridgehead atoms. The maximum Gasteiger partial charge on any atom is 0.416 e. The van der Waals surface area contributed by atoms with E-state index >= 15 is 0 Å². The molecule has 2 aliphatic heterocycles. The van der Waals surface area contributed by atoms with Crippen molar-refractivity contribution in [2.45, 2.75) is 25.2 Å². The van der Waals surface area contributed by atoms with Gasteiger partial charge in [-0.1, -0.05) is 12.1 Å². The Balaban J connectivity index is 0.00000261. The van der Waals surface area contributed by atoms with Crippen LogP contribution in [0.25, 0.3) is 0 Å². The van der Waals surface area contributed by atoms with Crippen molar-refractivity contribution in [1.29, 1.82) is 0 Å². The molecular weight excluding hydrogens is 472 g/mol. The normalized spacial score (nSPS) is 21.9. The third-order valence-corrected chi connectivity index (χ3v) is 4.97. The molecular formula is C18H26F3IN4O. The molecule has 0 aliphatic carbocycles. The highest BCUT2D eigenvalue weighted by Gasteiger charge is 2.31. The number of benzene rings is 1. The van der Waals surface area contributed by atoms with Gasteiger partial charge in [-0.25, -0.2) is 0 Å². The molecule has 0 amide bonds. The van der Waals surface area contributed by atoms with E-state index in [4.69, 9.17) is 4.74 Å². The smallest absolute Gasteiger partial charge is 0.379 e. The van der Waals surface area contributed by atoms with Crippen LogP contribution in [-0.2, 0) is 17.5 Å². The largest absolute Gasteiger partial charge is 0.416 e. The molecule has 3 rings (SSSR count). The molecule has 0 saturated carbocycles. The average Bonchev–Trinajstić information content (AvgIpc) is 3.13.